The quantitative estimate of drug-likeness (QED) is 0.593. The summed E-state index contributed by atoms with van der Waals surface area (Å²) < 4.78 is 6.48. The highest BCUT2D eigenvalue weighted by atomic mass is 16.5. The summed E-state index contributed by atoms with van der Waals surface area (Å²) in [5.74, 6) is 0.0795. The zero-order valence-electron chi connectivity index (χ0n) is 19.2. The molecule has 5 rings (SSSR count). The molecular formula is C27H31NO5. The summed E-state index contributed by atoms with van der Waals surface area (Å²) in [5, 5.41) is 21.5. The minimum Gasteiger partial charge on any atom is -0.508 e. The average molecular weight is 450 g/mol. The smallest absolute Gasteiger partial charge is 0.262 e. The molecule has 0 radical (unpaired) electrons. The second-order valence-corrected chi connectivity index (χ2v) is 10.2. The van der Waals surface area contributed by atoms with Crippen LogP contribution in [0.4, 0.5) is 0 Å². The minimum atomic E-state index is -1.20. The number of nitrogens with one attached hydrogen (secondary N) is 1. The number of Topliss-reactive ketones (excluding diaryl/α,β-unsaturated/α-hetero) is 1. The van der Waals surface area contributed by atoms with Crippen molar-refractivity contribution in [2.24, 2.45) is 29.6 Å². The lowest BCUT2D eigenvalue weighted by Crippen LogP contribution is -2.66. The molecule has 2 aromatic rings. The number of rotatable bonds is 2. The van der Waals surface area contributed by atoms with E-state index in [0.29, 0.717) is 17.0 Å². The van der Waals surface area contributed by atoms with Crippen molar-refractivity contribution in [3.05, 3.63) is 58.5 Å². The Balaban J connectivity index is 1.68. The molecule has 7 atom stereocenters. The fraction of sp³-hybridized carbons (Fsp3) is 0.481. The predicted molar refractivity (Wildman–Crippen MR) is 125 cm³/mol. The van der Waals surface area contributed by atoms with Crippen LogP contribution < -0.4 is 10.3 Å². The van der Waals surface area contributed by atoms with Gasteiger partial charge in [0.25, 0.3) is 5.56 Å². The molecule has 3 N–H and O–H groups in total. The molecule has 0 bridgehead atoms. The van der Waals surface area contributed by atoms with Gasteiger partial charge in [-0.1, -0.05) is 37.6 Å². The Morgan fingerprint density at radius 2 is 1.91 bits per heavy atom. The Morgan fingerprint density at radius 3 is 2.61 bits per heavy atom. The van der Waals surface area contributed by atoms with Gasteiger partial charge in [-0.05, 0) is 68.1 Å². The number of carbonyl (C=O) groups is 1. The Labute approximate surface area is 193 Å². The van der Waals surface area contributed by atoms with Crippen LogP contribution in [0.3, 0.4) is 0 Å². The van der Waals surface area contributed by atoms with Gasteiger partial charge in [0.15, 0.2) is 5.78 Å². The van der Waals surface area contributed by atoms with Gasteiger partial charge in [-0.2, -0.15) is 0 Å². The number of phenols is 1. The fourth-order valence-corrected chi connectivity index (χ4v) is 6.62. The van der Waals surface area contributed by atoms with E-state index in [4.69, 9.17) is 4.74 Å². The molecule has 2 fully saturated rings. The van der Waals surface area contributed by atoms with E-state index in [1.807, 2.05) is 13.0 Å². The number of carbonyl (C=O) groups excluding carboxylic acids is 1. The van der Waals surface area contributed by atoms with Crippen LogP contribution in [0.15, 0.2) is 47.4 Å². The van der Waals surface area contributed by atoms with Crippen molar-refractivity contribution in [2.45, 2.75) is 51.7 Å². The largest absolute Gasteiger partial charge is 0.508 e. The Hall–Kier alpha value is -2.86. The van der Waals surface area contributed by atoms with Crippen molar-refractivity contribution >= 4 is 5.78 Å². The highest BCUT2D eigenvalue weighted by molar-refractivity contribution is 6.03. The number of ether oxygens (including phenoxy) is 1. The summed E-state index contributed by atoms with van der Waals surface area (Å²) in [4.78, 5) is 29.5. The molecule has 174 valence electrons. The summed E-state index contributed by atoms with van der Waals surface area (Å²) in [6.45, 7) is 5.98. The van der Waals surface area contributed by atoms with Crippen LogP contribution in [0.5, 0.6) is 11.5 Å². The van der Waals surface area contributed by atoms with Gasteiger partial charge >= 0.3 is 0 Å². The van der Waals surface area contributed by atoms with Gasteiger partial charge in [0.1, 0.15) is 28.8 Å². The normalized spacial score (nSPS) is 35.5. The molecular weight excluding hydrogens is 418 g/mol. The van der Waals surface area contributed by atoms with Gasteiger partial charge in [-0.15, -0.1) is 0 Å². The molecule has 3 aliphatic rings. The van der Waals surface area contributed by atoms with Crippen LogP contribution in [0.1, 0.15) is 50.4 Å². The number of aromatic nitrogens is 1. The van der Waals surface area contributed by atoms with Gasteiger partial charge in [0, 0.05) is 11.8 Å². The van der Waals surface area contributed by atoms with E-state index in [0.717, 1.165) is 19.3 Å². The summed E-state index contributed by atoms with van der Waals surface area (Å²) >= 11 is 0. The van der Waals surface area contributed by atoms with Crippen molar-refractivity contribution in [1.82, 2.24) is 4.98 Å². The number of pyridine rings is 1. The Kier molecular flexibility index (Phi) is 5.24. The first kappa shape index (κ1) is 22.0. The average Bonchev–Trinajstić information content (AvgIpc) is 2.77. The zero-order chi connectivity index (χ0) is 23.5. The second kappa shape index (κ2) is 7.87. The SMILES string of the molecule is CC=C[C@@H]1[C@H]2C[C@@H](C)CC[C@@H]2[C@@](C)(O)[C@@H]2Oc3c(-c4ccc(O)cc4)c[nH]c(=O)c3C(=O)[C@@H]12. The maximum Gasteiger partial charge on any atom is 0.262 e. The number of aromatic amines is 1. The minimum absolute atomic E-state index is 0.0182. The van der Waals surface area contributed by atoms with Crippen LogP contribution in [0, 0.1) is 29.6 Å². The summed E-state index contributed by atoms with van der Waals surface area (Å²) in [5.41, 5.74) is -0.385. The topological polar surface area (TPSA) is 99.6 Å². The lowest BCUT2D eigenvalue weighted by molar-refractivity contribution is -0.177. The Morgan fingerprint density at radius 1 is 1.18 bits per heavy atom. The van der Waals surface area contributed by atoms with Crippen LogP contribution in [-0.4, -0.2) is 32.7 Å². The van der Waals surface area contributed by atoms with Crippen LogP contribution in [0.25, 0.3) is 11.1 Å². The molecule has 1 aromatic carbocycles. The highest BCUT2D eigenvalue weighted by Crippen LogP contribution is 2.56. The van der Waals surface area contributed by atoms with Gasteiger partial charge in [-0.25, -0.2) is 0 Å². The summed E-state index contributed by atoms with van der Waals surface area (Å²) in [6.07, 6.45) is 7.72. The number of fused-ring (bicyclic) bond motifs is 3. The summed E-state index contributed by atoms with van der Waals surface area (Å²) in [6, 6.07) is 6.52. The van der Waals surface area contributed by atoms with Gasteiger partial charge < -0.3 is 19.9 Å². The van der Waals surface area contributed by atoms with E-state index in [9.17, 15) is 19.8 Å². The van der Waals surface area contributed by atoms with Gasteiger partial charge in [0.2, 0.25) is 0 Å². The molecule has 6 heteroatoms. The highest BCUT2D eigenvalue weighted by Gasteiger charge is 2.61. The number of aromatic hydroxyl groups is 1. The zero-order valence-corrected chi connectivity index (χ0v) is 19.2. The molecule has 33 heavy (non-hydrogen) atoms. The molecule has 0 amide bonds. The van der Waals surface area contributed by atoms with Crippen LogP contribution in [0.2, 0.25) is 0 Å². The number of allylic oxidation sites excluding steroid dienone is 2. The molecule has 1 aromatic heterocycles. The summed E-state index contributed by atoms with van der Waals surface area (Å²) in [7, 11) is 0. The first-order valence-electron chi connectivity index (χ1n) is 11.8. The third-order valence-corrected chi connectivity index (χ3v) is 8.16. The van der Waals surface area contributed by atoms with E-state index < -0.39 is 23.2 Å². The second-order valence-electron chi connectivity index (χ2n) is 10.2. The number of phenolic OH excluding ortho intramolecular Hbond substituents is 1. The number of hydrogen-bond donors (Lipinski definition) is 3. The maximum absolute atomic E-state index is 14.0. The lowest BCUT2D eigenvalue weighted by Gasteiger charge is -2.57. The van der Waals surface area contributed by atoms with Crippen molar-refractivity contribution < 1.29 is 19.7 Å². The number of H-pyrrole nitrogens is 1. The van der Waals surface area contributed by atoms with Crippen molar-refractivity contribution in [3.8, 4) is 22.6 Å². The number of ketones is 1. The van der Waals surface area contributed by atoms with Crippen LogP contribution in [-0.2, 0) is 0 Å². The van der Waals surface area contributed by atoms with Crippen molar-refractivity contribution in [1.29, 1.82) is 0 Å². The predicted octanol–water partition coefficient (Wildman–Crippen LogP) is 4.32. The monoisotopic (exact) mass is 449 g/mol. The van der Waals surface area contributed by atoms with Gasteiger partial charge in [-0.3, -0.25) is 9.59 Å². The molecule has 0 unspecified atom stereocenters. The van der Waals surface area contributed by atoms with E-state index in [-0.39, 0.29) is 40.6 Å². The van der Waals surface area contributed by atoms with E-state index in [1.165, 1.54) is 6.20 Å². The molecule has 2 heterocycles. The van der Waals surface area contributed by atoms with E-state index in [2.05, 4.69) is 18.0 Å². The molecule has 2 aliphatic carbocycles. The van der Waals surface area contributed by atoms with E-state index in [1.54, 1.807) is 31.2 Å². The van der Waals surface area contributed by atoms with Gasteiger partial charge in [0.05, 0.1) is 5.92 Å². The van der Waals surface area contributed by atoms with Crippen molar-refractivity contribution in [3.63, 3.8) is 0 Å². The standard InChI is InChI=1S/C27H31NO5/c1-4-5-17-18-12-14(2)6-11-20(18)27(3,32)25-21(17)23(30)22-24(33-25)19(13-28-26(22)31)15-7-9-16(29)10-8-15/h4-5,7-10,13-14,17-18,20-21,25,29,32H,6,11-12H2,1-3H3,(H,28,31)/t14-,17+,18+,20-,21+,25+,27+/m0/s1. The van der Waals surface area contributed by atoms with Crippen molar-refractivity contribution in [2.75, 3.05) is 0 Å². The molecule has 0 saturated heterocycles. The number of hydrogen-bond acceptors (Lipinski definition) is 5. The molecule has 0 spiro atoms. The van der Waals surface area contributed by atoms with Crippen LogP contribution >= 0.6 is 0 Å². The third-order valence-electron chi connectivity index (χ3n) is 8.16. The Bertz CT molecular complexity index is 1160. The molecule has 1 aliphatic heterocycles. The lowest BCUT2D eigenvalue weighted by atomic mass is 9.52. The third kappa shape index (κ3) is 3.34. The molecule has 2 saturated carbocycles. The first-order chi connectivity index (χ1) is 15.7. The van der Waals surface area contributed by atoms with E-state index >= 15 is 0 Å². The fourth-order valence-electron chi connectivity index (χ4n) is 6.62. The molecule has 6 nitrogen and oxygen atoms in total. The first-order valence-corrected chi connectivity index (χ1v) is 11.8. The maximum atomic E-state index is 14.0. The number of aliphatic hydroxyl groups is 1. The number of benzene rings is 1.